The Morgan fingerprint density at radius 1 is 1.14 bits per heavy atom. The fourth-order valence-corrected chi connectivity index (χ4v) is 2.16. The van der Waals surface area contributed by atoms with Crippen molar-refractivity contribution in [3.05, 3.63) is 65.5 Å². The number of halogens is 1. The van der Waals surface area contributed by atoms with E-state index < -0.39 is 17.3 Å². The highest BCUT2D eigenvalue weighted by molar-refractivity contribution is 5.85. The average Bonchev–Trinajstić information content (AvgIpc) is 2.49. The van der Waals surface area contributed by atoms with Crippen LogP contribution in [0.25, 0.3) is 0 Å². The van der Waals surface area contributed by atoms with E-state index >= 15 is 0 Å². The van der Waals surface area contributed by atoms with Crippen molar-refractivity contribution >= 4 is 11.7 Å². The van der Waals surface area contributed by atoms with Gasteiger partial charge in [0.05, 0.1) is 12.8 Å². The summed E-state index contributed by atoms with van der Waals surface area (Å²) in [4.78, 5) is 12.2. The fraction of sp³-hybridized carbons (Fsp3) is 0.235. The smallest absolute Gasteiger partial charge is 0.335 e. The van der Waals surface area contributed by atoms with Crippen molar-refractivity contribution in [1.82, 2.24) is 0 Å². The van der Waals surface area contributed by atoms with E-state index in [-0.39, 0.29) is 5.69 Å². The second-order valence-corrected chi connectivity index (χ2v) is 5.09. The molecule has 0 aliphatic heterocycles. The van der Waals surface area contributed by atoms with Gasteiger partial charge in [-0.15, -0.1) is 0 Å². The molecular weight excluding hydrogens is 269 g/mol. The van der Waals surface area contributed by atoms with E-state index in [1.54, 1.807) is 25.1 Å². The molecule has 1 N–H and O–H groups in total. The van der Waals surface area contributed by atoms with Gasteiger partial charge in [-0.05, 0) is 31.5 Å². The third-order valence-corrected chi connectivity index (χ3v) is 3.48. The van der Waals surface area contributed by atoms with E-state index in [1.807, 2.05) is 31.2 Å². The van der Waals surface area contributed by atoms with Crippen LogP contribution in [-0.4, -0.2) is 13.1 Å². The molecule has 0 amide bonds. The number of para-hydroxylation sites is 1. The van der Waals surface area contributed by atoms with Crippen LogP contribution in [0.4, 0.5) is 10.1 Å². The molecule has 0 aromatic heterocycles. The second kappa shape index (κ2) is 5.95. The zero-order valence-electron chi connectivity index (χ0n) is 12.3. The number of esters is 1. The zero-order chi connectivity index (χ0) is 15.5. The molecule has 1 atom stereocenters. The summed E-state index contributed by atoms with van der Waals surface area (Å²) in [6, 6.07) is 13.7. The molecule has 110 valence electrons. The molecule has 3 nitrogen and oxygen atoms in total. The molecule has 21 heavy (non-hydrogen) atoms. The monoisotopic (exact) mass is 287 g/mol. The van der Waals surface area contributed by atoms with E-state index in [0.717, 1.165) is 5.56 Å². The van der Waals surface area contributed by atoms with Gasteiger partial charge in [-0.2, -0.15) is 0 Å². The highest BCUT2D eigenvalue weighted by atomic mass is 19.1. The van der Waals surface area contributed by atoms with E-state index in [1.165, 1.54) is 13.2 Å². The molecule has 0 saturated carbocycles. The molecule has 0 bridgehead atoms. The van der Waals surface area contributed by atoms with Crippen molar-refractivity contribution in [2.45, 2.75) is 19.4 Å². The first-order valence-electron chi connectivity index (χ1n) is 6.65. The van der Waals surface area contributed by atoms with Gasteiger partial charge in [0.1, 0.15) is 5.82 Å². The Labute approximate surface area is 123 Å². The lowest BCUT2D eigenvalue weighted by Gasteiger charge is -2.29. The van der Waals surface area contributed by atoms with Gasteiger partial charge in [0.25, 0.3) is 0 Å². The number of carbonyl (C=O) groups excluding carboxylic acids is 1. The van der Waals surface area contributed by atoms with Crippen LogP contribution in [-0.2, 0) is 15.1 Å². The Morgan fingerprint density at radius 2 is 1.76 bits per heavy atom. The highest BCUT2D eigenvalue weighted by Gasteiger charge is 2.37. The summed E-state index contributed by atoms with van der Waals surface area (Å²) in [7, 11) is 1.32. The van der Waals surface area contributed by atoms with Gasteiger partial charge in [0, 0.05) is 0 Å². The summed E-state index contributed by atoms with van der Waals surface area (Å²) in [6.45, 7) is 3.64. The second-order valence-electron chi connectivity index (χ2n) is 5.09. The lowest BCUT2D eigenvalue weighted by molar-refractivity contribution is -0.145. The van der Waals surface area contributed by atoms with Crippen molar-refractivity contribution in [2.75, 3.05) is 12.4 Å². The van der Waals surface area contributed by atoms with Gasteiger partial charge in [-0.3, -0.25) is 0 Å². The first kappa shape index (κ1) is 15.0. The zero-order valence-corrected chi connectivity index (χ0v) is 12.3. The molecular formula is C17H18FNO2. The Balaban J connectivity index is 2.45. The first-order chi connectivity index (χ1) is 9.97. The molecule has 0 fully saturated rings. The number of nitrogens with one attached hydrogen (secondary N) is 1. The molecule has 2 aromatic rings. The Bertz CT molecular complexity index is 639. The number of rotatable bonds is 4. The molecule has 2 rings (SSSR count). The van der Waals surface area contributed by atoms with Crippen molar-refractivity contribution in [2.24, 2.45) is 0 Å². The fourth-order valence-electron chi connectivity index (χ4n) is 2.16. The van der Waals surface area contributed by atoms with Gasteiger partial charge < -0.3 is 10.1 Å². The molecule has 0 aliphatic rings. The Hall–Kier alpha value is -2.36. The number of methoxy groups -OCH3 is 1. The SMILES string of the molecule is COC(=O)C(C)(Nc1ccccc1F)c1ccc(C)cc1. The molecule has 0 radical (unpaired) electrons. The number of benzene rings is 2. The van der Waals surface area contributed by atoms with Crippen LogP contribution < -0.4 is 5.32 Å². The molecule has 2 aromatic carbocycles. The highest BCUT2D eigenvalue weighted by Crippen LogP contribution is 2.29. The largest absolute Gasteiger partial charge is 0.467 e. The standard InChI is InChI=1S/C17H18FNO2/c1-12-8-10-13(11-9-12)17(2,16(20)21-3)19-15-7-5-4-6-14(15)18/h4-11,19H,1-3H3. The maximum Gasteiger partial charge on any atom is 0.335 e. The molecule has 0 heterocycles. The van der Waals surface area contributed by atoms with E-state index in [9.17, 15) is 9.18 Å². The van der Waals surface area contributed by atoms with Crippen LogP contribution in [0.1, 0.15) is 18.1 Å². The number of carbonyl (C=O) groups is 1. The number of hydrogen-bond acceptors (Lipinski definition) is 3. The third-order valence-electron chi connectivity index (χ3n) is 3.48. The van der Waals surface area contributed by atoms with Crippen LogP contribution in [0.15, 0.2) is 48.5 Å². The van der Waals surface area contributed by atoms with Gasteiger partial charge in [-0.1, -0.05) is 42.0 Å². The number of anilines is 1. The molecule has 0 spiro atoms. The number of aryl methyl sites for hydroxylation is 1. The predicted molar refractivity (Wildman–Crippen MR) is 80.6 cm³/mol. The Morgan fingerprint density at radius 3 is 2.33 bits per heavy atom. The van der Waals surface area contributed by atoms with Gasteiger partial charge >= 0.3 is 5.97 Å². The van der Waals surface area contributed by atoms with Crippen molar-refractivity contribution < 1.29 is 13.9 Å². The first-order valence-corrected chi connectivity index (χ1v) is 6.65. The van der Waals surface area contributed by atoms with E-state index in [4.69, 9.17) is 4.74 Å². The number of hydrogen-bond donors (Lipinski definition) is 1. The van der Waals surface area contributed by atoms with Gasteiger partial charge in [0.2, 0.25) is 0 Å². The van der Waals surface area contributed by atoms with Gasteiger partial charge in [-0.25, -0.2) is 9.18 Å². The summed E-state index contributed by atoms with van der Waals surface area (Å²) in [5.74, 6) is -0.894. The normalized spacial score (nSPS) is 13.3. The third kappa shape index (κ3) is 3.05. The lowest BCUT2D eigenvalue weighted by atomic mass is 9.91. The van der Waals surface area contributed by atoms with Crippen molar-refractivity contribution in [1.29, 1.82) is 0 Å². The summed E-state index contributed by atoms with van der Waals surface area (Å²) in [6.07, 6.45) is 0. The van der Waals surface area contributed by atoms with Crippen molar-refractivity contribution in [3.8, 4) is 0 Å². The van der Waals surface area contributed by atoms with Crippen LogP contribution in [0.5, 0.6) is 0 Å². The minimum absolute atomic E-state index is 0.256. The van der Waals surface area contributed by atoms with Crippen molar-refractivity contribution in [3.63, 3.8) is 0 Å². The minimum atomic E-state index is -1.16. The van der Waals surface area contributed by atoms with Gasteiger partial charge in [0.15, 0.2) is 5.54 Å². The maximum atomic E-state index is 13.9. The van der Waals surface area contributed by atoms with E-state index in [0.29, 0.717) is 5.56 Å². The van der Waals surface area contributed by atoms with E-state index in [2.05, 4.69) is 5.32 Å². The Kier molecular flexibility index (Phi) is 4.26. The molecule has 1 unspecified atom stereocenters. The topological polar surface area (TPSA) is 38.3 Å². The van der Waals surface area contributed by atoms with Crippen LogP contribution in [0.3, 0.4) is 0 Å². The summed E-state index contributed by atoms with van der Waals surface area (Å²) < 4.78 is 18.7. The summed E-state index contributed by atoms with van der Waals surface area (Å²) >= 11 is 0. The summed E-state index contributed by atoms with van der Waals surface area (Å²) in [5.41, 5.74) is 0.885. The lowest BCUT2D eigenvalue weighted by Crippen LogP contribution is -2.41. The van der Waals surface area contributed by atoms with Crippen LogP contribution >= 0.6 is 0 Å². The minimum Gasteiger partial charge on any atom is -0.467 e. The average molecular weight is 287 g/mol. The quantitative estimate of drug-likeness (QED) is 0.873. The predicted octanol–water partition coefficient (Wildman–Crippen LogP) is 3.63. The van der Waals surface area contributed by atoms with Crippen LogP contribution in [0, 0.1) is 12.7 Å². The maximum absolute atomic E-state index is 13.9. The molecule has 0 aliphatic carbocycles. The molecule has 0 saturated heterocycles. The number of ether oxygens (including phenoxy) is 1. The molecule has 4 heteroatoms. The summed E-state index contributed by atoms with van der Waals surface area (Å²) in [5, 5.41) is 2.96. The van der Waals surface area contributed by atoms with Crippen LogP contribution in [0.2, 0.25) is 0 Å².